The molecule has 0 radical (unpaired) electrons. The van der Waals surface area contributed by atoms with Gasteiger partial charge in [-0.25, -0.2) is 8.42 Å². The molecule has 2 aromatic carbocycles. The zero-order chi connectivity index (χ0) is 21.2. The number of rotatable bonds is 7. The molecule has 0 spiro atoms. The van der Waals surface area contributed by atoms with Crippen molar-refractivity contribution in [3.8, 4) is 0 Å². The number of hydrogen-bond donors (Lipinski definition) is 3. The SMILES string of the molecule is Cc1ccc(S(=O)(=O)NC(C(=O)NC(C)c2cc3ccccc3o2)C(C)O)cc1. The van der Waals surface area contributed by atoms with Gasteiger partial charge in [0.1, 0.15) is 17.4 Å². The van der Waals surface area contributed by atoms with Crippen LogP contribution in [0.25, 0.3) is 11.0 Å². The molecule has 3 atom stereocenters. The zero-order valence-corrected chi connectivity index (χ0v) is 17.2. The third kappa shape index (κ3) is 4.84. The van der Waals surface area contributed by atoms with Gasteiger partial charge in [0.15, 0.2) is 0 Å². The number of fused-ring (bicyclic) bond motifs is 1. The van der Waals surface area contributed by atoms with Crippen molar-refractivity contribution >= 4 is 26.9 Å². The van der Waals surface area contributed by atoms with Gasteiger partial charge < -0.3 is 14.8 Å². The molecule has 0 saturated carbocycles. The minimum Gasteiger partial charge on any atom is -0.459 e. The van der Waals surface area contributed by atoms with Crippen molar-refractivity contribution < 1.29 is 22.7 Å². The van der Waals surface area contributed by atoms with Gasteiger partial charge >= 0.3 is 0 Å². The number of hydrogen-bond acceptors (Lipinski definition) is 5. The summed E-state index contributed by atoms with van der Waals surface area (Å²) in [4.78, 5) is 12.7. The summed E-state index contributed by atoms with van der Waals surface area (Å²) >= 11 is 0. The molecule has 3 unspecified atom stereocenters. The highest BCUT2D eigenvalue weighted by molar-refractivity contribution is 7.89. The van der Waals surface area contributed by atoms with Gasteiger partial charge in [0.25, 0.3) is 0 Å². The highest BCUT2D eigenvalue weighted by atomic mass is 32.2. The Morgan fingerprint density at radius 3 is 2.34 bits per heavy atom. The maximum atomic E-state index is 12.7. The molecule has 1 aromatic heterocycles. The van der Waals surface area contributed by atoms with Crippen LogP contribution in [0.2, 0.25) is 0 Å². The van der Waals surface area contributed by atoms with Crippen LogP contribution in [-0.2, 0) is 14.8 Å². The van der Waals surface area contributed by atoms with Crippen molar-refractivity contribution in [1.29, 1.82) is 0 Å². The van der Waals surface area contributed by atoms with Crippen LogP contribution in [-0.4, -0.2) is 31.6 Å². The van der Waals surface area contributed by atoms with Crippen LogP contribution in [0.5, 0.6) is 0 Å². The van der Waals surface area contributed by atoms with Gasteiger partial charge in [-0.3, -0.25) is 4.79 Å². The van der Waals surface area contributed by atoms with Crippen molar-refractivity contribution in [2.24, 2.45) is 0 Å². The first kappa shape index (κ1) is 21.0. The molecule has 0 fully saturated rings. The number of aliphatic hydroxyl groups is 1. The highest BCUT2D eigenvalue weighted by Crippen LogP contribution is 2.23. The lowest BCUT2D eigenvalue weighted by Crippen LogP contribution is -2.52. The standard InChI is InChI=1S/C21H24N2O5S/c1-13-8-10-17(11-9-13)29(26,27)23-20(15(3)24)21(25)22-14(2)19-12-16-6-4-5-7-18(16)28-19/h4-12,14-15,20,23-24H,1-3H3,(H,22,25). The molecule has 3 aromatic rings. The zero-order valence-electron chi connectivity index (χ0n) is 16.4. The average Bonchev–Trinajstić information content (AvgIpc) is 3.10. The number of furan rings is 1. The topological polar surface area (TPSA) is 109 Å². The van der Waals surface area contributed by atoms with Crippen molar-refractivity contribution in [1.82, 2.24) is 10.0 Å². The van der Waals surface area contributed by atoms with Crippen LogP contribution < -0.4 is 10.0 Å². The quantitative estimate of drug-likeness (QED) is 0.549. The Kier molecular flexibility index (Phi) is 6.07. The van der Waals surface area contributed by atoms with Crippen LogP contribution in [0.1, 0.15) is 31.2 Å². The minimum atomic E-state index is -3.98. The summed E-state index contributed by atoms with van der Waals surface area (Å²) in [6, 6.07) is 13.6. The summed E-state index contributed by atoms with van der Waals surface area (Å²) in [5.74, 6) is -0.117. The number of carbonyl (C=O) groups excluding carboxylic acids is 1. The molecule has 7 nitrogen and oxygen atoms in total. The average molecular weight is 416 g/mol. The first-order valence-corrected chi connectivity index (χ1v) is 10.7. The monoisotopic (exact) mass is 416 g/mol. The highest BCUT2D eigenvalue weighted by Gasteiger charge is 2.31. The summed E-state index contributed by atoms with van der Waals surface area (Å²) in [5, 5.41) is 13.6. The summed E-state index contributed by atoms with van der Waals surface area (Å²) in [6.45, 7) is 4.92. The number of aryl methyl sites for hydroxylation is 1. The summed E-state index contributed by atoms with van der Waals surface area (Å²) in [6.07, 6.45) is -1.24. The first-order chi connectivity index (χ1) is 13.7. The second kappa shape index (κ2) is 8.36. The molecule has 0 aliphatic carbocycles. The molecular weight excluding hydrogens is 392 g/mol. The van der Waals surface area contributed by atoms with Crippen LogP contribution in [0.4, 0.5) is 0 Å². The molecule has 3 rings (SSSR count). The van der Waals surface area contributed by atoms with Gasteiger partial charge in [-0.15, -0.1) is 0 Å². The van der Waals surface area contributed by atoms with Gasteiger partial charge in [-0.2, -0.15) is 4.72 Å². The maximum Gasteiger partial charge on any atom is 0.241 e. The lowest BCUT2D eigenvalue weighted by Gasteiger charge is -2.22. The van der Waals surface area contributed by atoms with E-state index in [1.165, 1.54) is 19.1 Å². The fraction of sp³-hybridized carbons (Fsp3) is 0.286. The van der Waals surface area contributed by atoms with E-state index < -0.39 is 34.1 Å². The Bertz CT molecular complexity index is 1070. The van der Waals surface area contributed by atoms with Gasteiger partial charge in [0.05, 0.1) is 17.0 Å². The molecule has 8 heteroatoms. The largest absolute Gasteiger partial charge is 0.459 e. The Labute approximate surface area is 169 Å². The third-order valence-corrected chi connectivity index (χ3v) is 6.07. The maximum absolute atomic E-state index is 12.7. The summed E-state index contributed by atoms with van der Waals surface area (Å²) in [5.41, 5.74) is 1.60. The second-order valence-electron chi connectivity index (χ2n) is 7.07. The number of carbonyl (C=O) groups is 1. The molecule has 1 heterocycles. The van der Waals surface area contributed by atoms with Gasteiger partial charge in [-0.05, 0) is 45.0 Å². The van der Waals surface area contributed by atoms with E-state index in [0.717, 1.165) is 10.9 Å². The van der Waals surface area contributed by atoms with E-state index in [9.17, 15) is 18.3 Å². The Balaban J connectivity index is 1.76. The fourth-order valence-corrected chi connectivity index (χ4v) is 4.18. The van der Waals surface area contributed by atoms with E-state index in [1.807, 2.05) is 37.3 Å². The number of aliphatic hydroxyl groups excluding tert-OH is 1. The fourth-order valence-electron chi connectivity index (χ4n) is 2.91. The normalized spacial score (nSPS) is 15.0. The lowest BCUT2D eigenvalue weighted by atomic mass is 10.1. The molecule has 3 N–H and O–H groups in total. The Morgan fingerprint density at radius 2 is 1.72 bits per heavy atom. The van der Waals surface area contributed by atoms with Gasteiger partial charge in [0, 0.05) is 5.39 Å². The summed E-state index contributed by atoms with van der Waals surface area (Å²) < 4.78 is 33.3. The van der Waals surface area contributed by atoms with E-state index in [0.29, 0.717) is 11.3 Å². The second-order valence-corrected chi connectivity index (χ2v) is 8.78. The summed E-state index contributed by atoms with van der Waals surface area (Å²) in [7, 11) is -3.98. The Hall–Kier alpha value is -2.68. The van der Waals surface area contributed by atoms with Crippen molar-refractivity contribution in [2.75, 3.05) is 0 Å². The smallest absolute Gasteiger partial charge is 0.241 e. The molecule has 0 saturated heterocycles. The van der Waals surface area contributed by atoms with E-state index in [2.05, 4.69) is 10.0 Å². The van der Waals surface area contributed by atoms with Gasteiger partial charge in [0.2, 0.25) is 15.9 Å². The molecule has 0 bridgehead atoms. The predicted octanol–water partition coefficient (Wildman–Crippen LogP) is 2.65. The number of benzene rings is 2. The molecule has 154 valence electrons. The molecular formula is C21H24N2O5S. The molecule has 29 heavy (non-hydrogen) atoms. The van der Waals surface area contributed by atoms with Crippen molar-refractivity contribution in [3.05, 3.63) is 65.9 Å². The van der Waals surface area contributed by atoms with Crippen molar-refractivity contribution in [2.45, 2.75) is 43.9 Å². The number of nitrogens with one attached hydrogen (secondary N) is 2. The molecule has 1 amide bonds. The lowest BCUT2D eigenvalue weighted by molar-refractivity contribution is -0.125. The molecule has 0 aliphatic heterocycles. The van der Waals surface area contributed by atoms with E-state index in [4.69, 9.17) is 4.42 Å². The van der Waals surface area contributed by atoms with E-state index in [-0.39, 0.29) is 4.90 Å². The van der Waals surface area contributed by atoms with Crippen LogP contribution in [0.15, 0.2) is 63.9 Å². The van der Waals surface area contributed by atoms with E-state index in [1.54, 1.807) is 19.1 Å². The number of amides is 1. The number of para-hydroxylation sites is 1. The third-order valence-electron chi connectivity index (χ3n) is 4.61. The number of sulfonamides is 1. The van der Waals surface area contributed by atoms with Crippen LogP contribution in [0.3, 0.4) is 0 Å². The minimum absolute atomic E-state index is 0.0203. The van der Waals surface area contributed by atoms with Crippen LogP contribution in [0, 0.1) is 6.92 Å². The van der Waals surface area contributed by atoms with Crippen molar-refractivity contribution in [3.63, 3.8) is 0 Å². The van der Waals surface area contributed by atoms with E-state index >= 15 is 0 Å². The first-order valence-electron chi connectivity index (χ1n) is 9.23. The van der Waals surface area contributed by atoms with Gasteiger partial charge in [-0.1, -0.05) is 35.9 Å². The Morgan fingerprint density at radius 1 is 1.07 bits per heavy atom. The molecule has 0 aliphatic rings. The van der Waals surface area contributed by atoms with Crippen LogP contribution >= 0.6 is 0 Å². The predicted molar refractivity (Wildman–Crippen MR) is 110 cm³/mol.